The van der Waals surface area contributed by atoms with Crippen LogP contribution in [0.5, 0.6) is 0 Å². The van der Waals surface area contributed by atoms with E-state index in [1.54, 1.807) is 17.0 Å². The van der Waals surface area contributed by atoms with E-state index in [2.05, 4.69) is 16.7 Å². The Morgan fingerprint density at radius 2 is 2.00 bits per heavy atom. The standard InChI is InChI=1S/C21H18ClN3O2/c1-2-14-7-9-15(10-8-14)13-25-18(11-12-19(25)26)21-23-20(24-27-21)16-5-3-4-6-17(16)22/h2-10,18H,1,11-13H2. The zero-order valence-corrected chi connectivity index (χ0v) is 15.4. The van der Waals surface area contributed by atoms with Crippen LogP contribution in [0.3, 0.4) is 0 Å². The highest BCUT2D eigenvalue weighted by Gasteiger charge is 2.36. The zero-order chi connectivity index (χ0) is 18.8. The number of rotatable bonds is 5. The average molecular weight is 380 g/mol. The molecule has 2 heterocycles. The SMILES string of the molecule is C=Cc1ccc(CN2C(=O)CCC2c2nc(-c3ccccc3Cl)no2)cc1. The Morgan fingerprint density at radius 3 is 2.74 bits per heavy atom. The van der Waals surface area contributed by atoms with Gasteiger partial charge in [0.25, 0.3) is 0 Å². The molecule has 1 unspecified atom stereocenters. The lowest BCUT2D eigenvalue weighted by Crippen LogP contribution is -2.27. The summed E-state index contributed by atoms with van der Waals surface area (Å²) in [5, 5.41) is 4.62. The largest absolute Gasteiger partial charge is 0.337 e. The van der Waals surface area contributed by atoms with Crippen molar-refractivity contribution in [2.24, 2.45) is 0 Å². The van der Waals surface area contributed by atoms with Crippen LogP contribution in [0.2, 0.25) is 5.02 Å². The van der Waals surface area contributed by atoms with E-state index in [4.69, 9.17) is 16.1 Å². The topological polar surface area (TPSA) is 59.2 Å². The van der Waals surface area contributed by atoms with Crippen LogP contribution in [-0.4, -0.2) is 20.9 Å². The molecule has 1 aliphatic heterocycles. The maximum Gasteiger partial charge on any atom is 0.249 e. The molecular formula is C21H18ClN3O2. The van der Waals surface area contributed by atoms with Crippen LogP contribution < -0.4 is 0 Å². The molecule has 3 aromatic rings. The van der Waals surface area contributed by atoms with Gasteiger partial charge in [0.15, 0.2) is 0 Å². The molecule has 1 aliphatic rings. The van der Waals surface area contributed by atoms with Crippen molar-refractivity contribution in [1.29, 1.82) is 0 Å². The summed E-state index contributed by atoms with van der Waals surface area (Å²) in [5.41, 5.74) is 2.81. The first-order valence-corrected chi connectivity index (χ1v) is 9.13. The van der Waals surface area contributed by atoms with Crippen molar-refractivity contribution in [2.75, 3.05) is 0 Å². The van der Waals surface area contributed by atoms with E-state index >= 15 is 0 Å². The van der Waals surface area contributed by atoms with E-state index in [-0.39, 0.29) is 11.9 Å². The number of benzene rings is 2. The first-order chi connectivity index (χ1) is 13.2. The average Bonchev–Trinajstić information content (AvgIpc) is 3.30. The summed E-state index contributed by atoms with van der Waals surface area (Å²) < 4.78 is 5.48. The lowest BCUT2D eigenvalue weighted by Gasteiger charge is -2.22. The molecule has 1 fully saturated rings. The number of hydrogen-bond donors (Lipinski definition) is 0. The smallest absolute Gasteiger partial charge is 0.249 e. The third-order valence-electron chi connectivity index (χ3n) is 4.74. The van der Waals surface area contributed by atoms with Gasteiger partial charge >= 0.3 is 0 Å². The molecule has 4 rings (SSSR count). The number of amides is 1. The second-order valence-corrected chi connectivity index (χ2v) is 6.87. The number of hydrogen-bond acceptors (Lipinski definition) is 4. The van der Waals surface area contributed by atoms with Crippen LogP contribution in [0, 0.1) is 0 Å². The normalized spacial score (nSPS) is 16.7. The highest BCUT2D eigenvalue weighted by atomic mass is 35.5. The Labute approximate surface area is 162 Å². The van der Waals surface area contributed by atoms with Crippen LogP contribution in [0.1, 0.15) is 35.9 Å². The van der Waals surface area contributed by atoms with Gasteiger partial charge in [-0.05, 0) is 29.7 Å². The third kappa shape index (κ3) is 3.51. The van der Waals surface area contributed by atoms with Gasteiger partial charge in [-0.25, -0.2) is 0 Å². The van der Waals surface area contributed by atoms with E-state index in [1.807, 2.05) is 42.5 Å². The molecule has 6 heteroatoms. The minimum Gasteiger partial charge on any atom is -0.337 e. The first-order valence-electron chi connectivity index (χ1n) is 8.75. The molecule has 0 bridgehead atoms. The number of likely N-dealkylation sites (tertiary alicyclic amines) is 1. The fourth-order valence-corrected chi connectivity index (χ4v) is 3.49. The molecule has 0 saturated carbocycles. The van der Waals surface area contributed by atoms with Crippen LogP contribution in [0.25, 0.3) is 17.5 Å². The fourth-order valence-electron chi connectivity index (χ4n) is 3.27. The summed E-state index contributed by atoms with van der Waals surface area (Å²) in [4.78, 5) is 18.7. The minimum atomic E-state index is -0.222. The molecule has 0 spiro atoms. The molecule has 27 heavy (non-hydrogen) atoms. The Kier molecular flexibility index (Phi) is 4.77. The highest BCUT2D eigenvalue weighted by Crippen LogP contribution is 2.35. The van der Waals surface area contributed by atoms with Gasteiger partial charge in [0, 0.05) is 18.5 Å². The van der Waals surface area contributed by atoms with Gasteiger partial charge in [-0.15, -0.1) is 0 Å². The van der Waals surface area contributed by atoms with E-state index < -0.39 is 0 Å². The van der Waals surface area contributed by atoms with Gasteiger partial charge < -0.3 is 9.42 Å². The van der Waals surface area contributed by atoms with E-state index in [1.165, 1.54) is 0 Å². The van der Waals surface area contributed by atoms with E-state index in [9.17, 15) is 4.79 Å². The number of carbonyl (C=O) groups excluding carboxylic acids is 1. The van der Waals surface area contributed by atoms with Crippen molar-refractivity contribution in [1.82, 2.24) is 15.0 Å². The van der Waals surface area contributed by atoms with Crippen molar-refractivity contribution < 1.29 is 9.32 Å². The number of halogens is 1. The molecular weight excluding hydrogens is 362 g/mol. The van der Waals surface area contributed by atoms with E-state index in [0.717, 1.165) is 11.1 Å². The molecule has 0 radical (unpaired) electrons. The summed E-state index contributed by atoms with van der Waals surface area (Å²) in [6.07, 6.45) is 2.93. The number of carbonyl (C=O) groups is 1. The summed E-state index contributed by atoms with van der Waals surface area (Å²) in [6, 6.07) is 15.1. The summed E-state index contributed by atoms with van der Waals surface area (Å²) in [5.74, 6) is 0.967. The van der Waals surface area contributed by atoms with Crippen molar-refractivity contribution in [3.05, 3.63) is 77.2 Å². The van der Waals surface area contributed by atoms with Gasteiger partial charge in [-0.3, -0.25) is 4.79 Å². The Morgan fingerprint density at radius 1 is 1.22 bits per heavy atom. The second-order valence-electron chi connectivity index (χ2n) is 6.46. The quantitative estimate of drug-likeness (QED) is 0.632. The van der Waals surface area contributed by atoms with Crippen LogP contribution >= 0.6 is 11.6 Å². The van der Waals surface area contributed by atoms with Gasteiger partial charge in [0.1, 0.15) is 6.04 Å². The second kappa shape index (κ2) is 7.37. The van der Waals surface area contributed by atoms with Gasteiger partial charge in [0.05, 0.1) is 5.02 Å². The molecule has 1 atom stereocenters. The van der Waals surface area contributed by atoms with E-state index in [0.29, 0.717) is 41.7 Å². The monoisotopic (exact) mass is 379 g/mol. The molecule has 0 N–H and O–H groups in total. The predicted octanol–water partition coefficient (Wildman–Crippen LogP) is 4.90. The minimum absolute atomic E-state index is 0.0882. The molecule has 136 valence electrons. The van der Waals surface area contributed by atoms with Crippen LogP contribution in [0.15, 0.2) is 59.6 Å². The number of aromatic nitrogens is 2. The number of nitrogens with zero attached hydrogens (tertiary/aromatic N) is 3. The Hall–Kier alpha value is -2.92. The lowest BCUT2D eigenvalue weighted by molar-refractivity contribution is -0.129. The molecule has 1 amide bonds. The third-order valence-corrected chi connectivity index (χ3v) is 5.07. The van der Waals surface area contributed by atoms with Gasteiger partial charge in [0.2, 0.25) is 17.6 Å². The molecule has 2 aromatic carbocycles. The summed E-state index contributed by atoms with van der Waals surface area (Å²) >= 11 is 6.22. The van der Waals surface area contributed by atoms with Crippen molar-refractivity contribution >= 4 is 23.6 Å². The summed E-state index contributed by atoms with van der Waals surface area (Å²) in [7, 11) is 0. The lowest BCUT2D eigenvalue weighted by atomic mass is 10.1. The van der Waals surface area contributed by atoms with Gasteiger partial charge in [-0.1, -0.05) is 65.8 Å². The van der Waals surface area contributed by atoms with Crippen LogP contribution in [0.4, 0.5) is 0 Å². The fraction of sp³-hybridized carbons (Fsp3) is 0.190. The maximum atomic E-state index is 12.4. The first kappa shape index (κ1) is 17.5. The Bertz CT molecular complexity index is 981. The van der Waals surface area contributed by atoms with Crippen molar-refractivity contribution in [3.8, 4) is 11.4 Å². The molecule has 1 aromatic heterocycles. The van der Waals surface area contributed by atoms with Gasteiger partial charge in [-0.2, -0.15) is 4.98 Å². The predicted molar refractivity (Wildman–Crippen MR) is 104 cm³/mol. The molecule has 5 nitrogen and oxygen atoms in total. The zero-order valence-electron chi connectivity index (χ0n) is 14.6. The summed E-state index contributed by atoms with van der Waals surface area (Å²) in [6.45, 7) is 4.26. The molecule has 0 aliphatic carbocycles. The van der Waals surface area contributed by atoms with Crippen molar-refractivity contribution in [2.45, 2.75) is 25.4 Å². The Balaban J connectivity index is 1.58. The van der Waals surface area contributed by atoms with Crippen molar-refractivity contribution in [3.63, 3.8) is 0 Å². The molecule has 1 saturated heterocycles. The maximum absolute atomic E-state index is 12.4. The van der Waals surface area contributed by atoms with Crippen LogP contribution in [-0.2, 0) is 11.3 Å². The highest BCUT2D eigenvalue weighted by molar-refractivity contribution is 6.33.